The van der Waals surface area contributed by atoms with E-state index in [0.29, 0.717) is 0 Å². The maximum Gasteiger partial charge on any atom is 0.336 e. The quantitative estimate of drug-likeness (QED) is 0.837. The van der Waals surface area contributed by atoms with Gasteiger partial charge in [-0.1, -0.05) is 0 Å². The molecule has 1 N–H and O–H groups in total. The van der Waals surface area contributed by atoms with Crippen molar-refractivity contribution in [2.75, 3.05) is 0 Å². The van der Waals surface area contributed by atoms with Gasteiger partial charge < -0.3 is 5.11 Å². The normalized spacial score (nSPS) is 10.5. The first-order valence-corrected chi connectivity index (χ1v) is 5.34. The van der Waals surface area contributed by atoms with Crippen LogP contribution in [0.5, 0.6) is 0 Å². The predicted molar refractivity (Wildman–Crippen MR) is 56.6 cm³/mol. The minimum atomic E-state index is -1.56. The Labute approximate surface area is 97.9 Å². The lowest BCUT2D eigenvalue weighted by Crippen LogP contribution is -1.94. The highest BCUT2D eigenvalue weighted by atomic mass is 32.1. The summed E-state index contributed by atoms with van der Waals surface area (Å²) in [5.74, 6) is -5.31. The van der Waals surface area contributed by atoms with Crippen molar-refractivity contribution in [2.24, 2.45) is 0 Å². The van der Waals surface area contributed by atoms with Crippen molar-refractivity contribution < 1.29 is 23.1 Å². The van der Waals surface area contributed by atoms with Crippen LogP contribution in [0.2, 0.25) is 0 Å². The van der Waals surface area contributed by atoms with E-state index in [1.54, 1.807) is 0 Å². The number of halogens is 3. The average molecular weight is 258 g/mol. The van der Waals surface area contributed by atoms with Crippen LogP contribution in [0.3, 0.4) is 0 Å². The second-order valence-electron chi connectivity index (χ2n) is 3.23. The van der Waals surface area contributed by atoms with E-state index in [-0.39, 0.29) is 16.0 Å². The molecule has 2 nitrogen and oxygen atoms in total. The minimum absolute atomic E-state index is 0.0193. The SMILES string of the molecule is O=C(O)c1csc(-c2ccc(F)c(F)c2F)c1. The molecule has 1 aromatic carbocycles. The molecule has 0 aliphatic rings. The number of carboxylic acids is 1. The van der Waals surface area contributed by atoms with E-state index in [2.05, 4.69) is 0 Å². The molecular weight excluding hydrogens is 253 g/mol. The Kier molecular flexibility index (Phi) is 2.89. The van der Waals surface area contributed by atoms with Gasteiger partial charge in [0.2, 0.25) is 0 Å². The molecule has 6 heteroatoms. The molecule has 0 atom stereocenters. The van der Waals surface area contributed by atoms with Crippen molar-refractivity contribution in [3.8, 4) is 10.4 Å². The molecular formula is C11H5F3O2S. The molecule has 0 saturated heterocycles. The smallest absolute Gasteiger partial charge is 0.336 e. The van der Waals surface area contributed by atoms with Gasteiger partial charge in [-0.15, -0.1) is 11.3 Å². The first kappa shape index (κ1) is 11.7. The average Bonchev–Trinajstić information content (AvgIpc) is 2.75. The molecule has 2 rings (SSSR count). The summed E-state index contributed by atoms with van der Waals surface area (Å²) in [7, 11) is 0. The molecule has 88 valence electrons. The van der Waals surface area contributed by atoms with E-state index in [0.717, 1.165) is 23.5 Å². The van der Waals surface area contributed by atoms with Crippen molar-refractivity contribution in [3.05, 3.63) is 46.6 Å². The number of carboxylic acid groups (broad SMARTS) is 1. The molecule has 1 aromatic heterocycles. The summed E-state index contributed by atoms with van der Waals surface area (Å²) in [5, 5.41) is 10.00. The van der Waals surface area contributed by atoms with Crippen molar-refractivity contribution in [2.45, 2.75) is 0 Å². The minimum Gasteiger partial charge on any atom is -0.478 e. The molecule has 0 spiro atoms. The zero-order valence-corrected chi connectivity index (χ0v) is 9.02. The van der Waals surface area contributed by atoms with Crippen molar-refractivity contribution >= 4 is 17.3 Å². The van der Waals surface area contributed by atoms with Crippen LogP contribution >= 0.6 is 11.3 Å². The van der Waals surface area contributed by atoms with E-state index < -0.39 is 23.4 Å². The summed E-state index contributed by atoms with van der Waals surface area (Å²) < 4.78 is 39.1. The molecule has 0 aliphatic carbocycles. The van der Waals surface area contributed by atoms with Crippen LogP contribution in [-0.4, -0.2) is 11.1 Å². The van der Waals surface area contributed by atoms with E-state index in [1.165, 1.54) is 11.4 Å². The largest absolute Gasteiger partial charge is 0.478 e. The van der Waals surface area contributed by atoms with Gasteiger partial charge in [-0.05, 0) is 18.2 Å². The van der Waals surface area contributed by atoms with Gasteiger partial charge >= 0.3 is 5.97 Å². The van der Waals surface area contributed by atoms with Crippen LogP contribution in [0.25, 0.3) is 10.4 Å². The van der Waals surface area contributed by atoms with Crippen LogP contribution in [0, 0.1) is 17.5 Å². The van der Waals surface area contributed by atoms with Crippen molar-refractivity contribution in [1.29, 1.82) is 0 Å². The van der Waals surface area contributed by atoms with Crippen LogP contribution in [0.1, 0.15) is 10.4 Å². The highest BCUT2D eigenvalue weighted by molar-refractivity contribution is 7.13. The van der Waals surface area contributed by atoms with E-state index >= 15 is 0 Å². The summed E-state index contributed by atoms with van der Waals surface area (Å²) in [6.45, 7) is 0. The van der Waals surface area contributed by atoms with Gasteiger partial charge in [0, 0.05) is 15.8 Å². The van der Waals surface area contributed by atoms with Crippen molar-refractivity contribution in [3.63, 3.8) is 0 Å². The lowest BCUT2D eigenvalue weighted by Gasteiger charge is -2.01. The fourth-order valence-electron chi connectivity index (χ4n) is 1.31. The third-order valence-corrected chi connectivity index (χ3v) is 3.11. The first-order valence-electron chi connectivity index (χ1n) is 4.46. The number of rotatable bonds is 2. The molecule has 0 amide bonds. The molecule has 1 heterocycles. The lowest BCUT2D eigenvalue weighted by atomic mass is 10.1. The third-order valence-electron chi connectivity index (χ3n) is 2.15. The summed E-state index contributed by atoms with van der Waals surface area (Å²) in [6.07, 6.45) is 0. The first-order chi connectivity index (χ1) is 8.00. The predicted octanol–water partition coefficient (Wildman–Crippen LogP) is 3.53. The van der Waals surface area contributed by atoms with Gasteiger partial charge in [0.1, 0.15) is 0 Å². The molecule has 17 heavy (non-hydrogen) atoms. The number of hydrogen-bond acceptors (Lipinski definition) is 2. The molecule has 2 aromatic rings. The Hall–Kier alpha value is -1.82. The zero-order valence-electron chi connectivity index (χ0n) is 8.21. The lowest BCUT2D eigenvalue weighted by molar-refractivity contribution is 0.0697. The number of hydrogen-bond donors (Lipinski definition) is 1. The van der Waals surface area contributed by atoms with Gasteiger partial charge in [0.15, 0.2) is 17.5 Å². The summed E-state index contributed by atoms with van der Waals surface area (Å²) in [6, 6.07) is 3.09. The second kappa shape index (κ2) is 4.21. The van der Waals surface area contributed by atoms with Crippen LogP contribution in [-0.2, 0) is 0 Å². The number of thiophene rings is 1. The van der Waals surface area contributed by atoms with Gasteiger partial charge in [-0.25, -0.2) is 18.0 Å². The molecule has 0 fully saturated rings. The second-order valence-corrected chi connectivity index (χ2v) is 4.14. The topological polar surface area (TPSA) is 37.3 Å². The molecule has 0 radical (unpaired) electrons. The van der Waals surface area contributed by atoms with Gasteiger partial charge in [0.05, 0.1) is 5.56 Å². The number of benzene rings is 1. The summed E-state index contributed by atoms with van der Waals surface area (Å²) >= 11 is 0.950. The molecule has 0 aliphatic heterocycles. The van der Waals surface area contributed by atoms with Gasteiger partial charge in [-0.3, -0.25) is 0 Å². The summed E-state index contributed by atoms with van der Waals surface area (Å²) in [5.41, 5.74) is -0.171. The van der Waals surface area contributed by atoms with E-state index in [4.69, 9.17) is 5.11 Å². The highest BCUT2D eigenvalue weighted by Crippen LogP contribution is 2.31. The third kappa shape index (κ3) is 2.03. The van der Waals surface area contributed by atoms with Gasteiger partial charge in [-0.2, -0.15) is 0 Å². The number of aromatic carboxylic acids is 1. The molecule has 0 unspecified atom stereocenters. The fourth-order valence-corrected chi connectivity index (χ4v) is 2.21. The highest BCUT2D eigenvalue weighted by Gasteiger charge is 2.17. The van der Waals surface area contributed by atoms with Crippen LogP contribution in [0.15, 0.2) is 23.6 Å². The maximum atomic E-state index is 13.4. The Morgan fingerprint density at radius 1 is 1.18 bits per heavy atom. The monoisotopic (exact) mass is 258 g/mol. The molecule has 0 bridgehead atoms. The fraction of sp³-hybridized carbons (Fsp3) is 0. The molecule has 0 saturated carbocycles. The standard InChI is InChI=1S/C11H5F3O2S/c12-7-2-1-6(9(13)10(7)14)8-3-5(4-17-8)11(15)16/h1-4H,(H,15,16). The zero-order chi connectivity index (χ0) is 12.6. The number of carbonyl (C=O) groups is 1. The summed E-state index contributed by atoms with van der Waals surface area (Å²) in [4.78, 5) is 10.9. The van der Waals surface area contributed by atoms with Gasteiger partial charge in [0.25, 0.3) is 0 Å². The van der Waals surface area contributed by atoms with E-state index in [9.17, 15) is 18.0 Å². The van der Waals surface area contributed by atoms with Crippen LogP contribution in [0.4, 0.5) is 13.2 Å². The van der Waals surface area contributed by atoms with E-state index in [1.807, 2.05) is 0 Å². The Bertz CT molecular complexity index is 592. The Balaban J connectivity index is 2.53. The van der Waals surface area contributed by atoms with Crippen LogP contribution < -0.4 is 0 Å². The maximum absolute atomic E-state index is 13.4. The Morgan fingerprint density at radius 3 is 2.47 bits per heavy atom. The Morgan fingerprint density at radius 2 is 1.88 bits per heavy atom. The van der Waals surface area contributed by atoms with Crippen molar-refractivity contribution in [1.82, 2.24) is 0 Å².